The van der Waals surface area contributed by atoms with Crippen molar-refractivity contribution in [2.75, 3.05) is 16.8 Å². The number of hydrogen-bond donors (Lipinski definition) is 2. The number of carbonyl (C=O) groups is 3. The highest BCUT2D eigenvalue weighted by Gasteiger charge is 2.67. The van der Waals surface area contributed by atoms with Crippen molar-refractivity contribution in [1.82, 2.24) is 10.3 Å². The first-order valence-electron chi connectivity index (χ1n) is 10.2. The normalized spacial score (nSPS) is 28.0. The van der Waals surface area contributed by atoms with Crippen LogP contribution in [0.2, 0.25) is 0 Å². The molecule has 3 aliphatic heterocycles. The smallest absolute Gasteiger partial charge is 0.234 e. The average Bonchev–Trinajstić information content (AvgIpc) is 3.41. The van der Waals surface area contributed by atoms with Crippen LogP contribution in [0.25, 0.3) is 0 Å². The van der Waals surface area contributed by atoms with Crippen LogP contribution >= 0.6 is 0 Å². The van der Waals surface area contributed by atoms with Crippen molar-refractivity contribution in [2.45, 2.75) is 25.2 Å². The highest BCUT2D eigenvalue weighted by atomic mass is 16.5. The second-order valence-corrected chi connectivity index (χ2v) is 8.13. The van der Waals surface area contributed by atoms with Gasteiger partial charge < -0.3 is 20.3 Å². The molecule has 1 aromatic carbocycles. The molecule has 158 valence electrons. The van der Waals surface area contributed by atoms with E-state index in [0.717, 1.165) is 5.56 Å². The Kier molecular flexibility index (Phi) is 4.59. The van der Waals surface area contributed by atoms with Crippen molar-refractivity contribution in [3.8, 4) is 0 Å². The second-order valence-electron chi connectivity index (χ2n) is 8.13. The third-order valence-corrected chi connectivity index (χ3v) is 6.12. The number of carbonyl (C=O) groups excluding carboxylic acids is 3. The molecule has 31 heavy (non-hydrogen) atoms. The van der Waals surface area contributed by atoms with E-state index in [-0.39, 0.29) is 17.7 Å². The van der Waals surface area contributed by atoms with Gasteiger partial charge in [-0.15, -0.1) is 0 Å². The van der Waals surface area contributed by atoms with Gasteiger partial charge in [0.2, 0.25) is 17.7 Å². The predicted octanol–water partition coefficient (Wildman–Crippen LogP) is 1.64. The van der Waals surface area contributed by atoms with Crippen LogP contribution in [0.3, 0.4) is 0 Å². The molecule has 4 heterocycles. The summed E-state index contributed by atoms with van der Waals surface area (Å²) >= 11 is 0. The molecule has 0 aliphatic carbocycles. The highest BCUT2D eigenvalue weighted by Crippen LogP contribution is 2.52. The van der Waals surface area contributed by atoms with E-state index in [1.54, 1.807) is 41.6 Å². The van der Waals surface area contributed by atoms with Gasteiger partial charge in [-0.2, -0.15) is 0 Å². The lowest BCUT2D eigenvalue weighted by molar-refractivity contribution is -0.132. The van der Waals surface area contributed by atoms with Crippen LogP contribution in [-0.4, -0.2) is 41.0 Å². The van der Waals surface area contributed by atoms with Crippen LogP contribution in [0.15, 0.2) is 60.9 Å². The minimum absolute atomic E-state index is 0.122. The Bertz CT molecular complexity index is 1070. The summed E-state index contributed by atoms with van der Waals surface area (Å²) < 4.78 is 6.17. The summed E-state index contributed by atoms with van der Waals surface area (Å²) in [6, 6.07) is 10.8. The molecule has 0 unspecified atom stereocenters. The molecule has 0 saturated carbocycles. The van der Waals surface area contributed by atoms with Gasteiger partial charge in [-0.3, -0.25) is 19.4 Å². The lowest BCUT2D eigenvalue weighted by Gasteiger charge is -2.23. The number of rotatable bonds is 5. The van der Waals surface area contributed by atoms with Gasteiger partial charge in [0.25, 0.3) is 0 Å². The Hall–Kier alpha value is -3.52. The Morgan fingerprint density at radius 2 is 1.94 bits per heavy atom. The lowest BCUT2D eigenvalue weighted by Crippen LogP contribution is -2.43. The quantitative estimate of drug-likeness (QED) is 0.719. The van der Waals surface area contributed by atoms with Crippen molar-refractivity contribution in [3.63, 3.8) is 0 Å². The zero-order valence-corrected chi connectivity index (χ0v) is 16.9. The molecule has 8 heteroatoms. The van der Waals surface area contributed by atoms with Gasteiger partial charge in [-0.1, -0.05) is 12.2 Å². The molecule has 1 aromatic heterocycles. The fourth-order valence-corrected chi connectivity index (χ4v) is 4.75. The van der Waals surface area contributed by atoms with E-state index in [9.17, 15) is 14.4 Å². The molecular formula is C23H22N4O4. The van der Waals surface area contributed by atoms with E-state index in [0.29, 0.717) is 24.5 Å². The number of pyridine rings is 1. The maximum atomic E-state index is 13.4. The molecule has 5 rings (SSSR count). The number of amides is 3. The van der Waals surface area contributed by atoms with Crippen LogP contribution < -0.4 is 15.5 Å². The van der Waals surface area contributed by atoms with Gasteiger partial charge in [0.05, 0.1) is 24.5 Å². The SMILES string of the molecule is CC(=O)Nc1ccc(N2C[C@@]34C=C[C@@H](O3)[C@H](C(=O)NCc3ccncc3)[C@@H]4C2=O)cc1. The van der Waals surface area contributed by atoms with Crippen LogP contribution in [0.5, 0.6) is 0 Å². The van der Waals surface area contributed by atoms with Crippen LogP contribution in [0, 0.1) is 11.8 Å². The maximum absolute atomic E-state index is 13.4. The first kappa shape index (κ1) is 19.4. The standard InChI is InChI=1S/C23H22N4O4/c1-14(28)26-16-2-4-17(5-3-16)27-13-23-9-6-18(31-23)19(20(23)22(27)30)21(29)25-12-15-7-10-24-11-8-15/h2-11,18-20H,12-13H2,1H3,(H,25,29)(H,26,28)/t18-,19+,20-,23-/m1/s1. The Morgan fingerprint density at radius 1 is 1.19 bits per heavy atom. The van der Waals surface area contributed by atoms with E-state index < -0.39 is 23.5 Å². The van der Waals surface area contributed by atoms with Crippen molar-refractivity contribution in [1.29, 1.82) is 0 Å². The second kappa shape index (κ2) is 7.31. The Morgan fingerprint density at radius 3 is 2.65 bits per heavy atom. The van der Waals surface area contributed by atoms with Crippen molar-refractivity contribution >= 4 is 29.1 Å². The fourth-order valence-electron chi connectivity index (χ4n) is 4.75. The van der Waals surface area contributed by atoms with E-state index in [1.165, 1.54) is 6.92 Å². The minimum atomic E-state index is -0.781. The lowest BCUT2D eigenvalue weighted by atomic mass is 9.77. The average molecular weight is 418 g/mol. The number of benzene rings is 1. The topological polar surface area (TPSA) is 101 Å². The van der Waals surface area contributed by atoms with Gasteiger partial charge >= 0.3 is 0 Å². The molecule has 8 nitrogen and oxygen atoms in total. The third-order valence-electron chi connectivity index (χ3n) is 6.12. The van der Waals surface area contributed by atoms with Gasteiger partial charge in [0, 0.05) is 37.2 Å². The molecule has 2 saturated heterocycles. The molecule has 3 aliphatic rings. The molecule has 2 aromatic rings. The molecule has 3 amide bonds. The Labute approximate surface area is 179 Å². The summed E-state index contributed by atoms with van der Waals surface area (Å²) in [5.74, 6) is -1.59. The molecule has 2 N–H and O–H groups in total. The first-order valence-corrected chi connectivity index (χ1v) is 10.2. The van der Waals surface area contributed by atoms with Crippen LogP contribution in [0.4, 0.5) is 11.4 Å². The number of ether oxygens (including phenoxy) is 1. The van der Waals surface area contributed by atoms with E-state index in [2.05, 4.69) is 15.6 Å². The fraction of sp³-hybridized carbons (Fsp3) is 0.304. The van der Waals surface area contributed by atoms with E-state index in [4.69, 9.17) is 4.74 Å². The molecule has 2 fully saturated rings. The van der Waals surface area contributed by atoms with Gasteiger partial charge in [0.15, 0.2) is 0 Å². The molecular weight excluding hydrogens is 396 g/mol. The van der Waals surface area contributed by atoms with Gasteiger partial charge in [0.1, 0.15) is 5.60 Å². The number of anilines is 2. The number of aromatic nitrogens is 1. The van der Waals surface area contributed by atoms with E-state index in [1.807, 2.05) is 24.3 Å². The van der Waals surface area contributed by atoms with E-state index >= 15 is 0 Å². The highest BCUT2D eigenvalue weighted by molar-refractivity contribution is 6.03. The predicted molar refractivity (Wildman–Crippen MR) is 113 cm³/mol. The summed E-state index contributed by atoms with van der Waals surface area (Å²) in [6.07, 6.45) is 6.78. The Balaban J connectivity index is 1.34. The molecule has 1 spiro atoms. The minimum Gasteiger partial charge on any atom is -0.360 e. The summed E-state index contributed by atoms with van der Waals surface area (Å²) in [5.41, 5.74) is 1.53. The van der Waals surface area contributed by atoms with Gasteiger partial charge in [-0.25, -0.2) is 0 Å². The monoisotopic (exact) mass is 418 g/mol. The third kappa shape index (κ3) is 3.29. The maximum Gasteiger partial charge on any atom is 0.234 e. The van der Waals surface area contributed by atoms with Crippen molar-refractivity contribution < 1.29 is 19.1 Å². The largest absolute Gasteiger partial charge is 0.360 e. The summed E-state index contributed by atoms with van der Waals surface area (Å²) in [7, 11) is 0. The summed E-state index contributed by atoms with van der Waals surface area (Å²) in [6.45, 7) is 2.17. The van der Waals surface area contributed by atoms with Crippen LogP contribution in [-0.2, 0) is 25.7 Å². The molecule has 0 radical (unpaired) electrons. The zero-order chi connectivity index (χ0) is 21.6. The molecule has 2 bridgehead atoms. The van der Waals surface area contributed by atoms with Crippen LogP contribution in [0.1, 0.15) is 12.5 Å². The van der Waals surface area contributed by atoms with Crippen molar-refractivity contribution in [2.24, 2.45) is 11.8 Å². The number of fused-ring (bicyclic) bond motifs is 1. The first-order chi connectivity index (χ1) is 15.0. The van der Waals surface area contributed by atoms with Gasteiger partial charge in [-0.05, 0) is 42.0 Å². The van der Waals surface area contributed by atoms with Crippen molar-refractivity contribution in [3.05, 3.63) is 66.5 Å². The number of hydrogen-bond acceptors (Lipinski definition) is 5. The summed E-state index contributed by atoms with van der Waals surface area (Å²) in [5, 5.41) is 5.66. The zero-order valence-electron chi connectivity index (χ0n) is 16.9. The molecule has 4 atom stereocenters. The number of nitrogens with zero attached hydrogens (tertiary/aromatic N) is 2. The number of nitrogens with one attached hydrogen (secondary N) is 2. The summed E-state index contributed by atoms with van der Waals surface area (Å²) in [4.78, 5) is 43.3.